The maximum absolute atomic E-state index is 12.7. The van der Waals surface area contributed by atoms with E-state index >= 15 is 0 Å². The summed E-state index contributed by atoms with van der Waals surface area (Å²) in [6.07, 6.45) is 0. The first-order valence-electron chi connectivity index (χ1n) is 7.77. The third kappa shape index (κ3) is 2.68. The average molecular weight is 359 g/mol. The summed E-state index contributed by atoms with van der Waals surface area (Å²) in [5.41, 5.74) is 1.80. The monoisotopic (exact) mass is 358 g/mol. The number of carbonyl (C=O) groups excluding carboxylic acids is 2. The van der Waals surface area contributed by atoms with E-state index in [1.165, 1.54) is 4.90 Å². The summed E-state index contributed by atoms with van der Waals surface area (Å²) in [5, 5.41) is 0.485. The summed E-state index contributed by atoms with van der Waals surface area (Å²) in [6.45, 7) is 0.405. The molecule has 0 aromatic heterocycles. The molecule has 7 heteroatoms. The fourth-order valence-electron chi connectivity index (χ4n) is 3.01. The summed E-state index contributed by atoms with van der Waals surface area (Å²) in [7, 11) is 1.62. The van der Waals surface area contributed by atoms with Crippen molar-refractivity contribution in [2.75, 3.05) is 25.3 Å². The second kappa shape index (κ2) is 5.97. The van der Waals surface area contributed by atoms with Crippen LogP contribution >= 0.6 is 11.6 Å². The number of hydrogen-bond acceptors (Lipinski definition) is 4. The Hall–Kier alpha value is -2.73. The zero-order chi connectivity index (χ0) is 17.6. The second-order valence-corrected chi connectivity index (χ2v) is 6.36. The van der Waals surface area contributed by atoms with Crippen molar-refractivity contribution in [1.82, 2.24) is 4.90 Å². The lowest BCUT2D eigenvalue weighted by molar-refractivity contribution is -0.119. The first-order valence-corrected chi connectivity index (χ1v) is 8.15. The third-order valence-electron chi connectivity index (χ3n) is 4.32. The number of ether oxygens (including phenoxy) is 2. The van der Waals surface area contributed by atoms with E-state index in [4.69, 9.17) is 21.1 Å². The highest BCUT2D eigenvalue weighted by Gasteiger charge is 2.30. The summed E-state index contributed by atoms with van der Waals surface area (Å²) in [6, 6.07) is 10.5. The molecule has 0 saturated carbocycles. The standard InChI is InChI=1S/C18H15ClN2O4/c1-20-9-17(22)21(14-5-3-2-4-12(14)18(20)23)8-11-6-15-16(7-13(11)19)25-10-24-15/h2-7H,8-10H2,1H3. The normalized spacial score (nSPS) is 16.1. The highest BCUT2D eigenvalue weighted by Crippen LogP contribution is 2.38. The molecule has 0 atom stereocenters. The molecule has 0 unspecified atom stereocenters. The van der Waals surface area contributed by atoms with Gasteiger partial charge >= 0.3 is 0 Å². The van der Waals surface area contributed by atoms with Gasteiger partial charge in [0.15, 0.2) is 11.5 Å². The first kappa shape index (κ1) is 15.8. The molecule has 2 aromatic carbocycles. The van der Waals surface area contributed by atoms with Gasteiger partial charge in [0.2, 0.25) is 12.7 Å². The predicted octanol–water partition coefficient (Wildman–Crippen LogP) is 2.69. The predicted molar refractivity (Wildman–Crippen MR) is 92.2 cm³/mol. The molecule has 2 aliphatic rings. The van der Waals surface area contributed by atoms with Gasteiger partial charge in [-0.25, -0.2) is 0 Å². The summed E-state index contributed by atoms with van der Waals surface area (Å²) in [4.78, 5) is 28.2. The lowest BCUT2D eigenvalue weighted by Crippen LogP contribution is -2.37. The van der Waals surface area contributed by atoms with Gasteiger partial charge in [0.1, 0.15) is 6.54 Å². The van der Waals surface area contributed by atoms with Crippen molar-refractivity contribution >= 4 is 29.1 Å². The zero-order valence-corrected chi connectivity index (χ0v) is 14.2. The SMILES string of the molecule is CN1CC(=O)N(Cc2cc3c(cc2Cl)OCO3)c2ccccc2C1=O. The summed E-state index contributed by atoms with van der Waals surface area (Å²) in [5.74, 6) is 0.840. The molecule has 0 fully saturated rings. The number of anilines is 1. The largest absolute Gasteiger partial charge is 0.454 e. The number of hydrogen-bond donors (Lipinski definition) is 0. The molecule has 0 aliphatic carbocycles. The van der Waals surface area contributed by atoms with Gasteiger partial charge in [-0.2, -0.15) is 0 Å². The van der Waals surface area contributed by atoms with E-state index in [1.54, 1.807) is 48.3 Å². The van der Waals surface area contributed by atoms with Crippen molar-refractivity contribution in [1.29, 1.82) is 0 Å². The zero-order valence-electron chi connectivity index (χ0n) is 13.5. The maximum Gasteiger partial charge on any atom is 0.256 e. The number of amides is 2. The topological polar surface area (TPSA) is 59.1 Å². The molecule has 0 bridgehead atoms. The molecule has 128 valence electrons. The van der Waals surface area contributed by atoms with Crippen LogP contribution in [0.5, 0.6) is 11.5 Å². The van der Waals surface area contributed by atoms with Crippen LogP contribution in [0.4, 0.5) is 5.69 Å². The number of carbonyl (C=O) groups is 2. The van der Waals surface area contributed by atoms with Gasteiger partial charge in [-0.15, -0.1) is 0 Å². The van der Waals surface area contributed by atoms with Crippen LogP contribution < -0.4 is 14.4 Å². The average Bonchev–Trinajstić information content (AvgIpc) is 3.02. The van der Waals surface area contributed by atoms with Crippen LogP contribution in [-0.4, -0.2) is 37.1 Å². The Bertz CT molecular complexity index is 883. The molecule has 0 saturated heterocycles. The minimum Gasteiger partial charge on any atom is -0.454 e. The van der Waals surface area contributed by atoms with E-state index < -0.39 is 0 Å². The minimum absolute atomic E-state index is 0.00961. The second-order valence-electron chi connectivity index (χ2n) is 5.96. The molecule has 25 heavy (non-hydrogen) atoms. The molecule has 2 amide bonds. The van der Waals surface area contributed by atoms with Gasteiger partial charge in [-0.05, 0) is 23.8 Å². The van der Waals surface area contributed by atoms with Crippen molar-refractivity contribution in [2.45, 2.75) is 6.54 Å². The fourth-order valence-corrected chi connectivity index (χ4v) is 3.23. The summed E-state index contributed by atoms with van der Waals surface area (Å²) < 4.78 is 10.7. The van der Waals surface area contributed by atoms with Gasteiger partial charge < -0.3 is 19.3 Å². The van der Waals surface area contributed by atoms with E-state index in [-0.39, 0.29) is 31.7 Å². The minimum atomic E-state index is -0.178. The van der Waals surface area contributed by atoms with Crippen molar-refractivity contribution in [3.63, 3.8) is 0 Å². The molecule has 0 spiro atoms. The van der Waals surface area contributed by atoms with Crippen LogP contribution in [0.2, 0.25) is 5.02 Å². The third-order valence-corrected chi connectivity index (χ3v) is 4.67. The van der Waals surface area contributed by atoms with E-state index in [0.29, 0.717) is 27.8 Å². The van der Waals surface area contributed by atoms with Crippen molar-refractivity contribution in [3.05, 3.63) is 52.5 Å². The molecule has 4 rings (SSSR count). The highest BCUT2D eigenvalue weighted by molar-refractivity contribution is 6.31. The molecular weight excluding hydrogens is 344 g/mol. The number of halogens is 1. The molecule has 0 N–H and O–H groups in total. The van der Waals surface area contributed by atoms with Crippen LogP contribution in [0, 0.1) is 0 Å². The Kier molecular flexibility index (Phi) is 3.77. The van der Waals surface area contributed by atoms with E-state index in [1.807, 2.05) is 0 Å². The summed E-state index contributed by atoms with van der Waals surface area (Å²) >= 11 is 6.35. The van der Waals surface area contributed by atoms with Crippen LogP contribution in [-0.2, 0) is 11.3 Å². The van der Waals surface area contributed by atoms with Crippen LogP contribution in [0.15, 0.2) is 36.4 Å². The number of fused-ring (bicyclic) bond motifs is 2. The number of nitrogens with zero attached hydrogens (tertiary/aromatic N) is 2. The maximum atomic E-state index is 12.7. The van der Waals surface area contributed by atoms with Crippen molar-refractivity contribution in [3.8, 4) is 11.5 Å². The van der Waals surface area contributed by atoms with Gasteiger partial charge in [-0.1, -0.05) is 23.7 Å². The van der Waals surface area contributed by atoms with E-state index in [0.717, 1.165) is 5.56 Å². The Morgan fingerprint density at radius 2 is 1.84 bits per heavy atom. The number of likely N-dealkylation sites (N-methyl/N-ethyl adjacent to an activating group) is 1. The molecule has 2 heterocycles. The van der Waals surface area contributed by atoms with Gasteiger partial charge in [0.05, 0.1) is 17.8 Å². The molecule has 2 aromatic rings. The smallest absolute Gasteiger partial charge is 0.256 e. The Labute approximate surface area is 149 Å². The number of para-hydroxylation sites is 1. The molecule has 6 nitrogen and oxygen atoms in total. The lowest BCUT2D eigenvalue weighted by Gasteiger charge is -2.23. The van der Waals surface area contributed by atoms with E-state index in [9.17, 15) is 9.59 Å². The molecule has 2 aliphatic heterocycles. The number of rotatable bonds is 2. The van der Waals surface area contributed by atoms with Gasteiger partial charge in [-0.3, -0.25) is 9.59 Å². The number of benzene rings is 2. The highest BCUT2D eigenvalue weighted by atomic mass is 35.5. The quantitative estimate of drug-likeness (QED) is 0.828. The van der Waals surface area contributed by atoms with Crippen molar-refractivity contribution in [2.24, 2.45) is 0 Å². The van der Waals surface area contributed by atoms with Crippen molar-refractivity contribution < 1.29 is 19.1 Å². The van der Waals surface area contributed by atoms with Crippen LogP contribution in [0.3, 0.4) is 0 Å². The molecule has 0 radical (unpaired) electrons. The van der Waals surface area contributed by atoms with Gasteiger partial charge in [0.25, 0.3) is 5.91 Å². The Morgan fingerprint density at radius 3 is 2.64 bits per heavy atom. The Balaban J connectivity index is 1.76. The lowest BCUT2D eigenvalue weighted by atomic mass is 10.1. The van der Waals surface area contributed by atoms with Gasteiger partial charge in [0, 0.05) is 18.1 Å². The van der Waals surface area contributed by atoms with Crippen LogP contribution in [0.1, 0.15) is 15.9 Å². The van der Waals surface area contributed by atoms with E-state index in [2.05, 4.69) is 0 Å². The first-order chi connectivity index (χ1) is 12.0. The van der Waals surface area contributed by atoms with Crippen LogP contribution in [0.25, 0.3) is 0 Å². The molecular formula is C18H15ClN2O4. The Morgan fingerprint density at radius 1 is 1.12 bits per heavy atom. The fraction of sp³-hybridized carbons (Fsp3) is 0.222.